The molecule has 0 saturated heterocycles. The zero-order valence-corrected chi connectivity index (χ0v) is 17.0. The highest BCUT2D eigenvalue weighted by Gasteiger charge is 2.22. The molecule has 0 radical (unpaired) electrons. The van der Waals surface area contributed by atoms with Crippen molar-refractivity contribution in [2.45, 2.75) is 57.5 Å². The second-order valence-electron chi connectivity index (χ2n) is 7.76. The zero-order chi connectivity index (χ0) is 20.8. The molecule has 1 aliphatic carbocycles. The van der Waals surface area contributed by atoms with Gasteiger partial charge in [-0.15, -0.1) is 0 Å². The molecule has 0 bridgehead atoms. The van der Waals surface area contributed by atoms with Crippen LogP contribution in [-0.2, 0) is 16.1 Å². The van der Waals surface area contributed by atoms with Crippen molar-refractivity contribution in [2.24, 2.45) is 10.7 Å². The van der Waals surface area contributed by atoms with E-state index in [2.05, 4.69) is 4.99 Å². The molecule has 1 fully saturated rings. The molecule has 2 aliphatic rings. The third-order valence-electron chi connectivity index (χ3n) is 5.62. The van der Waals surface area contributed by atoms with Gasteiger partial charge in [0.25, 0.3) is 0 Å². The molecule has 1 heterocycles. The number of aliphatic imine (C=N–C) groups is 1. The SMILES string of the molecule is CN(C(=O)CCCOc1ccc2c(c1)CN(CC(=O)O)C(N)=N2)C1CCCCC1. The number of guanidine groups is 1. The van der Waals surface area contributed by atoms with Crippen LogP contribution in [0.4, 0.5) is 5.69 Å². The zero-order valence-electron chi connectivity index (χ0n) is 17.0. The Morgan fingerprint density at radius 3 is 2.79 bits per heavy atom. The minimum absolute atomic E-state index is 0.181. The second kappa shape index (κ2) is 9.62. The first-order valence-corrected chi connectivity index (χ1v) is 10.3. The Hall–Kier alpha value is -2.77. The van der Waals surface area contributed by atoms with Crippen LogP contribution in [0.5, 0.6) is 5.75 Å². The quantitative estimate of drug-likeness (QED) is 0.647. The average molecular weight is 402 g/mol. The van der Waals surface area contributed by atoms with E-state index >= 15 is 0 Å². The number of rotatable bonds is 8. The Morgan fingerprint density at radius 1 is 1.31 bits per heavy atom. The Labute approximate surface area is 171 Å². The van der Waals surface area contributed by atoms with Crippen molar-refractivity contribution < 1.29 is 19.4 Å². The van der Waals surface area contributed by atoms with E-state index in [0.717, 1.165) is 24.1 Å². The van der Waals surface area contributed by atoms with Crippen LogP contribution in [0.2, 0.25) is 0 Å². The van der Waals surface area contributed by atoms with Crippen LogP contribution in [0, 0.1) is 0 Å². The van der Waals surface area contributed by atoms with Crippen LogP contribution < -0.4 is 10.5 Å². The molecular formula is C21H30N4O4. The van der Waals surface area contributed by atoms with Gasteiger partial charge in [-0.3, -0.25) is 9.59 Å². The van der Waals surface area contributed by atoms with Crippen molar-refractivity contribution >= 4 is 23.5 Å². The summed E-state index contributed by atoms with van der Waals surface area (Å²) in [5.74, 6) is 0.110. The molecule has 3 rings (SSSR count). The lowest BCUT2D eigenvalue weighted by atomic mass is 9.94. The molecule has 1 amide bonds. The lowest BCUT2D eigenvalue weighted by Gasteiger charge is -2.31. The first-order chi connectivity index (χ1) is 13.9. The van der Waals surface area contributed by atoms with Crippen molar-refractivity contribution in [1.29, 1.82) is 0 Å². The summed E-state index contributed by atoms with van der Waals surface area (Å²) in [5, 5.41) is 8.99. The maximum absolute atomic E-state index is 12.4. The number of fused-ring (bicyclic) bond motifs is 1. The third-order valence-corrected chi connectivity index (χ3v) is 5.62. The Balaban J connectivity index is 1.47. The van der Waals surface area contributed by atoms with Crippen LogP contribution in [0.25, 0.3) is 0 Å². The number of hydrogen-bond donors (Lipinski definition) is 2. The first-order valence-electron chi connectivity index (χ1n) is 10.3. The number of aliphatic carboxylic acids is 1. The summed E-state index contributed by atoms with van der Waals surface area (Å²) in [6.07, 6.45) is 7.06. The van der Waals surface area contributed by atoms with Crippen LogP contribution in [0.3, 0.4) is 0 Å². The van der Waals surface area contributed by atoms with E-state index < -0.39 is 5.97 Å². The topological polar surface area (TPSA) is 108 Å². The fraction of sp³-hybridized carbons (Fsp3) is 0.571. The number of carboxylic acid groups (broad SMARTS) is 1. The van der Waals surface area contributed by atoms with E-state index in [9.17, 15) is 9.59 Å². The number of nitrogens with two attached hydrogens (primary N) is 1. The summed E-state index contributed by atoms with van der Waals surface area (Å²) in [7, 11) is 1.91. The monoisotopic (exact) mass is 402 g/mol. The molecule has 0 unspecified atom stereocenters. The number of amides is 1. The van der Waals surface area contributed by atoms with E-state index in [1.54, 1.807) is 0 Å². The van der Waals surface area contributed by atoms with Crippen molar-refractivity contribution in [1.82, 2.24) is 9.80 Å². The highest BCUT2D eigenvalue weighted by atomic mass is 16.5. The maximum atomic E-state index is 12.4. The van der Waals surface area contributed by atoms with Gasteiger partial charge in [0.05, 0.1) is 12.3 Å². The molecule has 1 aromatic rings. The van der Waals surface area contributed by atoms with Crippen LogP contribution in [0.15, 0.2) is 23.2 Å². The number of benzene rings is 1. The van der Waals surface area contributed by atoms with E-state index in [4.69, 9.17) is 15.6 Å². The van der Waals surface area contributed by atoms with Crippen LogP contribution in [0.1, 0.15) is 50.5 Å². The van der Waals surface area contributed by atoms with E-state index in [1.165, 1.54) is 24.2 Å². The van der Waals surface area contributed by atoms with Crippen molar-refractivity contribution in [3.05, 3.63) is 23.8 Å². The number of ether oxygens (including phenoxy) is 1. The van der Waals surface area contributed by atoms with Gasteiger partial charge in [-0.25, -0.2) is 4.99 Å². The van der Waals surface area contributed by atoms with Gasteiger partial charge in [-0.2, -0.15) is 0 Å². The highest BCUT2D eigenvalue weighted by Crippen LogP contribution is 2.29. The number of carbonyl (C=O) groups excluding carboxylic acids is 1. The lowest BCUT2D eigenvalue weighted by Crippen LogP contribution is -2.41. The van der Waals surface area contributed by atoms with Crippen molar-refractivity contribution in [3.63, 3.8) is 0 Å². The first kappa shape index (κ1) is 21.0. The summed E-state index contributed by atoms with van der Waals surface area (Å²) >= 11 is 0. The minimum atomic E-state index is -0.957. The maximum Gasteiger partial charge on any atom is 0.323 e. The fourth-order valence-corrected chi connectivity index (χ4v) is 3.93. The van der Waals surface area contributed by atoms with Gasteiger partial charge >= 0.3 is 5.97 Å². The molecular weight excluding hydrogens is 372 g/mol. The van der Waals surface area contributed by atoms with Gasteiger partial charge < -0.3 is 25.4 Å². The van der Waals surface area contributed by atoms with Gasteiger partial charge in [0.1, 0.15) is 12.3 Å². The molecule has 29 heavy (non-hydrogen) atoms. The fourth-order valence-electron chi connectivity index (χ4n) is 3.93. The highest BCUT2D eigenvalue weighted by molar-refractivity contribution is 5.86. The standard InChI is InChI=1S/C21H30N4O4/c1-24(16-6-3-2-4-7-16)19(26)8-5-11-29-17-9-10-18-15(12-17)13-25(14-20(27)28)21(22)23-18/h9-10,12,16H,2-8,11,13-14H2,1H3,(H2,22,23)(H,27,28). The summed E-state index contributed by atoms with van der Waals surface area (Å²) in [5.41, 5.74) is 7.42. The van der Waals surface area contributed by atoms with Gasteiger partial charge in [-0.05, 0) is 37.5 Å². The van der Waals surface area contributed by atoms with E-state index in [0.29, 0.717) is 37.8 Å². The molecule has 0 spiro atoms. The van der Waals surface area contributed by atoms with E-state index in [1.807, 2.05) is 30.1 Å². The van der Waals surface area contributed by atoms with E-state index in [-0.39, 0.29) is 18.4 Å². The predicted octanol–water partition coefficient (Wildman–Crippen LogP) is 2.48. The molecule has 0 atom stereocenters. The summed E-state index contributed by atoms with van der Waals surface area (Å²) in [4.78, 5) is 31.0. The largest absolute Gasteiger partial charge is 0.494 e. The predicted molar refractivity (Wildman–Crippen MR) is 110 cm³/mol. The molecule has 1 aromatic carbocycles. The summed E-state index contributed by atoms with van der Waals surface area (Å²) in [6, 6.07) is 5.88. The lowest BCUT2D eigenvalue weighted by molar-refractivity contribution is -0.137. The van der Waals surface area contributed by atoms with Crippen molar-refractivity contribution in [2.75, 3.05) is 20.2 Å². The third kappa shape index (κ3) is 5.62. The second-order valence-corrected chi connectivity index (χ2v) is 7.76. The Kier molecular flexibility index (Phi) is 6.95. The Bertz CT molecular complexity index is 774. The number of carboxylic acids is 1. The molecule has 158 valence electrons. The van der Waals surface area contributed by atoms with Gasteiger partial charge in [0.15, 0.2) is 5.96 Å². The number of hydrogen-bond acceptors (Lipinski definition) is 6. The van der Waals surface area contributed by atoms with Gasteiger partial charge in [0, 0.05) is 31.6 Å². The van der Waals surface area contributed by atoms with Crippen LogP contribution in [-0.4, -0.2) is 59.0 Å². The van der Waals surface area contributed by atoms with Gasteiger partial charge in [0.2, 0.25) is 5.91 Å². The molecule has 1 saturated carbocycles. The molecule has 8 heteroatoms. The Morgan fingerprint density at radius 2 is 2.07 bits per heavy atom. The normalized spacial score (nSPS) is 16.7. The van der Waals surface area contributed by atoms with Crippen molar-refractivity contribution in [3.8, 4) is 5.75 Å². The summed E-state index contributed by atoms with van der Waals surface area (Å²) < 4.78 is 5.81. The molecule has 0 aromatic heterocycles. The average Bonchev–Trinajstić information content (AvgIpc) is 2.71. The smallest absolute Gasteiger partial charge is 0.323 e. The number of carbonyl (C=O) groups is 2. The number of nitrogens with zero attached hydrogens (tertiary/aromatic N) is 3. The van der Waals surface area contributed by atoms with Gasteiger partial charge in [-0.1, -0.05) is 19.3 Å². The summed E-state index contributed by atoms with van der Waals surface area (Å²) in [6.45, 7) is 0.628. The molecule has 1 aliphatic heterocycles. The minimum Gasteiger partial charge on any atom is -0.494 e. The molecule has 3 N–H and O–H groups in total. The molecule has 8 nitrogen and oxygen atoms in total. The van der Waals surface area contributed by atoms with Crippen LogP contribution >= 0.6 is 0 Å².